The molecule has 2 aromatic rings. The fraction of sp³-hybridized carbons (Fsp3) is 0.526. The molecule has 0 spiro atoms. The fourth-order valence-electron chi connectivity index (χ4n) is 3.54. The van der Waals surface area contributed by atoms with Crippen LogP contribution >= 0.6 is 0 Å². The minimum Gasteiger partial charge on any atom is -0.330 e. The molecule has 2 heterocycles. The van der Waals surface area contributed by atoms with E-state index in [-0.39, 0.29) is 0 Å². The maximum absolute atomic E-state index is 4.32. The van der Waals surface area contributed by atoms with Crippen LogP contribution in [0.25, 0.3) is 0 Å². The summed E-state index contributed by atoms with van der Waals surface area (Å²) < 4.78 is 2.36. The zero-order valence-electron chi connectivity index (χ0n) is 13.7. The Balaban J connectivity index is 1.23. The SMILES string of the molecule is c1ccc(CN2CCC(NCc3cncn3C3CC3)CC2)cc1. The molecule has 4 rings (SSSR count). The minimum atomic E-state index is 0.643. The van der Waals surface area contributed by atoms with Crippen molar-refractivity contribution in [3.8, 4) is 0 Å². The second-order valence-corrected chi connectivity index (χ2v) is 6.94. The quantitative estimate of drug-likeness (QED) is 0.890. The van der Waals surface area contributed by atoms with Crippen LogP contribution < -0.4 is 5.32 Å². The molecule has 2 aliphatic rings. The van der Waals surface area contributed by atoms with Crippen LogP contribution in [0.2, 0.25) is 0 Å². The monoisotopic (exact) mass is 310 g/mol. The zero-order valence-corrected chi connectivity index (χ0v) is 13.7. The van der Waals surface area contributed by atoms with Gasteiger partial charge in [0.25, 0.3) is 0 Å². The topological polar surface area (TPSA) is 33.1 Å². The van der Waals surface area contributed by atoms with Crippen molar-refractivity contribution >= 4 is 0 Å². The summed E-state index contributed by atoms with van der Waals surface area (Å²) in [5, 5.41) is 3.74. The van der Waals surface area contributed by atoms with E-state index < -0.39 is 0 Å². The van der Waals surface area contributed by atoms with E-state index in [2.05, 4.69) is 50.1 Å². The van der Waals surface area contributed by atoms with Gasteiger partial charge in [0.2, 0.25) is 0 Å². The maximum Gasteiger partial charge on any atom is 0.0951 e. The molecule has 4 nitrogen and oxygen atoms in total. The Kier molecular flexibility index (Phi) is 4.44. The highest BCUT2D eigenvalue weighted by molar-refractivity contribution is 5.14. The normalized spacial score (nSPS) is 20.0. The summed E-state index contributed by atoms with van der Waals surface area (Å²) in [7, 11) is 0. The Hall–Kier alpha value is -1.65. The average molecular weight is 310 g/mol. The van der Waals surface area contributed by atoms with Gasteiger partial charge in [-0.25, -0.2) is 4.98 Å². The van der Waals surface area contributed by atoms with Crippen molar-refractivity contribution in [2.75, 3.05) is 13.1 Å². The molecule has 122 valence electrons. The first-order valence-corrected chi connectivity index (χ1v) is 8.89. The Morgan fingerprint density at radius 1 is 1.04 bits per heavy atom. The van der Waals surface area contributed by atoms with Crippen LogP contribution in [0.3, 0.4) is 0 Å². The second-order valence-electron chi connectivity index (χ2n) is 6.94. The van der Waals surface area contributed by atoms with Crippen LogP contribution in [0.5, 0.6) is 0 Å². The largest absolute Gasteiger partial charge is 0.330 e. The predicted molar refractivity (Wildman–Crippen MR) is 92.1 cm³/mol. The third-order valence-corrected chi connectivity index (χ3v) is 5.09. The van der Waals surface area contributed by atoms with E-state index in [1.54, 1.807) is 0 Å². The van der Waals surface area contributed by atoms with Gasteiger partial charge >= 0.3 is 0 Å². The molecular weight excluding hydrogens is 284 g/mol. The number of benzene rings is 1. The highest BCUT2D eigenvalue weighted by Gasteiger charge is 2.25. The lowest BCUT2D eigenvalue weighted by atomic mass is 10.0. The molecule has 1 aromatic carbocycles. The lowest BCUT2D eigenvalue weighted by Gasteiger charge is -2.32. The molecule has 1 saturated heterocycles. The first kappa shape index (κ1) is 14.9. The summed E-state index contributed by atoms with van der Waals surface area (Å²) in [6.07, 6.45) is 9.14. The van der Waals surface area contributed by atoms with Crippen molar-refractivity contribution in [3.63, 3.8) is 0 Å². The van der Waals surface area contributed by atoms with Crippen LogP contribution in [-0.2, 0) is 13.1 Å². The van der Waals surface area contributed by atoms with Crippen LogP contribution in [0, 0.1) is 0 Å². The molecule has 0 unspecified atom stereocenters. The van der Waals surface area contributed by atoms with Gasteiger partial charge in [-0.3, -0.25) is 4.90 Å². The molecule has 1 aliphatic heterocycles. The maximum atomic E-state index is 4.32. The number of piperidine rings is 1. The van der Waals surface area contributed by atoms with Crippen molar-refractivity contribution in [2.45, 2.75) is 50.9 Å². The second kappa shape index (κ2) is 6.85. The number of imidazole rings is 1. The van der Waals surface area contributed by atoms with E-state index in [4.69, 9.17) is 0 Å². The van der Waals surface area contributed by atoms with E-state index in [1.807, 2.05) is 12.5 Å². The van der Waals surface area contributed by atoms with Gasteiger partial charge in [-0.05, 0) is 44.3 Å². The first-order chi connectivity index (χ1) is 11.4. The van der Waals surface area contributed by atoms with Gasteiger partial charge in [0.05, 0.1) is 12.0 Å². The molecule has 1 aliphatic carbocycles. The van der Waals surface area contributed by atoms with E-state index >= 15 is 0 Å². The summed E-state index contributed by atoms with van der Waals surface area (Å²) in [5.74, 6) is 0. The number of hydrogen-bond donors (Lipinski definition) is 1. The van der Waals surface area contributed by atoms with Crippen molar-refractivity contribution in [1.82, 2.24) is 19.8 Å². The van der Waals surface area contributed by atoms with Crippen LogP contribution in [0.1, 0.15) is 43.0 Å². The Labute approximate surface area is 138 Å². The van der Waals surface area contributed by atoms with Crippen molar-refractivity contribution in [2.24, 2.45) is 0 Å². The van der Waals surface area contributed by atoms with Gasteiger partial charge < -0.3 is 9.88 Å². The third kappa shape index (κ3) is 3.82. The molecule has 1 N–H and O–H groups in total. The summed E-state index contributed by atoms with van der Waals surface area (Å²) in [5.41, 5.74) is 2.77. The standard InChI is InChI=1S/C19H26N4/c1-2-4-16(5-3-1)14-22-10-8-17(9-11-22)21-13-19-12-20-15-23(19)18-6-7-18/h1-5,12,15,17-18,21H,6-11,13-14H2. The average Bonchev–Trinajstić information content (AvgIpc) is 3.33. The Bertz CT molecular complexity index is 609. The Morgan fingerprint density at radius 3 is 2.57 bits per heavy atom. The van der Waals surface area contributed by atoms with Crippen LogP contribution in [-0.4, -0.2) is 33.6 Å². The van der Waals surface area contributed by atoms with Gasteiger partial charge in [0, 0.05) is 31.4 Å². The molecule has 0 bridgehead atoms. The minimum absolute atomic E-state index is 0.643. The Morgan fingerprint density at radius 2 is 1.83 bits per heavy atom. The van der Waals surface area contributed by atoms with E-state index in [9.17, 15) is 0 Å². The summed E-state index contributed by atoms with van der Waals surface area (Å²) >= 11 is 0. The predicted octanol–water partition coefficient (Wildman–Crippen LogP) is 2.97. The molecule has 2 fully saturated rings. The molecule has 0 amide bonds. The van der Waals surface area contributed by atoms with Gasteiger partial charge in [-0.15, -0.1) is 0 Å². The molecular formula is C19H26N4. The highest BCUT2D eigenvalue weighted by atomic mass is 15.2. The number of nitrogens with zero attached hydrogens (tertiary/aromatic N) is 3. The van der Waals surface area contributed by atoms with E-state index in [1.165, 1.54) is 50.0 Å². The highest BCUT2D eigenvalue weighted by Crippen LogP contribution is 2.35. The van der Waals surface area contributed by atoms with Gasteiger partial charge in [0.1, 0.15) is 0 Å². The molecule has 0 atom stereocenters. The van der Waals surface area contributed by atoms with Gasteiger partial charge in [-0.2, -0.15) is 0 Å². The molecule has 1 aromatic heterocycles. The van der Waals surface area contributed by atoms with Crippen molar-refractivity contribution in [1.29, 1.82) is 0 Å². The van der Waals surface area contributed by atoms with Gasteiger partial charge in [0.15, 0.2) is 0 Å². The first-order valence-electron chi connectivity index (χ1n) is 8.89. The number of hydrogen-bond acceptors (Lipinski definition) is 3. The number of aromatic nitrogens is 2. The van der Waals surface area contributed by atoms with Crippen molar-refractivity contribution in [3.05, 3.63) is 54.1 Å². The number of rotatable bonds is 6. The van der Waals surface area contributed by atoms with E-state index in [0.717, 1.165) is 19.1 Å². The lowest BCUT2D eigenvalue weighted by Crippen LogP contribution is -2.42. The summed E-state index contributed by atoms with van der Waals surface area (Å²) in [4.78, 5) is 6.89. The number of likely N-dealkylation sites (tertiary alicyclic amines) is 1. The lowest BCUT2D eigenvalue weighted by molar-refractivity contribution is 0.189. The smallest absolute Gasteiger partial charge is 0.0951 e. The number of nitrogens with one attached hydrogen (secondary N) is 1. The molecule has 4 heteroatoms. The molecule has 0 radical (unpaired) electrons. The summed E-state index contributed by atoms with van der Waals surface area (Å²) in [6.45, 7) is 4.42. The zero-order chi connectivity index (χ0) is 15.5. The fourth-order valence-corrected chi connectivity index (χ4v) is 3.54. The van der Waals surface area contributed by atoms with E-state index in [0.29, 0.717) is 6.04 Å². The molecule has 1 saturated carbocycles. The van der Waals surface area contributed by atoms with Crippen LogP contribution in [0.4, 0.5) is 0 Å². The van der Waals surface area contributed by atoms with Crippen molar-refractivity contribution < 1.29 is 0 Å². The van der Waals surface area contributed by atoms with Gasteiger partial charge in [-0.1, -0.05) is 30.3 Å². The summed E-state index contributed by atoms with van der Waals surface area (Å²) in [6, 6.07) is 12.2. The van der Waals surface area contributed by atoms with Crippen LogP contribution in [0.15, 0.2) is 42.9 Å². The molecule has 23 heavy (non-hydrogen) atoms. The third-order valence-electron chi connectivity index (χ3n) is 5.09.